The second-order valence-electron chi connectivity index (χ2n) is 5.88. The lowest BCUT2D eigenvalue weighted by Gasteiger charge is -2.22. The Morgan fingerprint density at radius 1 is 1.50 bits per heavy atom. The molecular formula is C16H13BrCl2FN3O. The second-order valence-corrected chi connectivity index (χ2v) is 7.45. The molecule has 0 amide bonds. The normalized spacial score (nSPS) is 18.2. The zero-order valence-electron chi connectivity index (χ0n) is 12.7. The van der Waals surface area contributed by atoms with E-state index in [0.29, 0.717) is 6.54 Å². The van der Waals surface area contributed by atoms with Crippen LogP contribution in [0.3, 0.4) is 0 Å². The van der Waals surface area contributed by atoms with Crippen LogP contribution in [0.25, 0.3) is 10.9 Å². The largest absolute Gasteiger partial charge is 0.303 e. The summed E-state index contributed by atoms with van der Waals surface area (Å²) in [5.74, 6) is -0.651. The van der Waals surface area contributed by atoms with E-state index in [2.05, 4.69) is 20.8 Å². The van der Waals surface area contributed by atoms with Crippen LogP contribution < -0.4 is 5.56 Å². The molecule has 0 saturated carbocycles. The smallest absolute Gasteiger partial charge is 0.270 e. The van der Waals surface area contributed by atoms with E-state index in [-0.39, 0.29) is 37.0 Å². The van der Waals surface area contributed by atoms with Crippen molar-refractivity contribution >= 4 is 50.0 Å². The highest BCUT2D eigenvalue weighted by Gasteiger charge is 2.26. The Morgan fingerprint density at radius 2 is 2.21 bits per heavy atom. The summed E-state index contributed by atoms with van der Waals surface area (Å²) in [6.45, 7) is 1.22. The maximum Gasteiger partial charge on any atom is 0.270 e. The van der Waals surface area contributed by atoms with Crippen LogP contribution in [-0.2, 0) is 6.54 Å². The van der Waals surface area contributed by atoms with Crippen LogP contribution >= 0.6 is 39.1 Å². The van der Waals surface area contributed by atoms with Gasteiger partial charge in [0.25, 0.3) is 5.56 Å². The Morgan fingerprint density at radius 3 is 2.79 bits per heavy atom. The van der Waals surface area contributed by atoms with Crippen molar-refractivity contribution in [3.63, 3.8) is 0 Å². The first-order valence-electron chi connectivity index (χ1n) is 7.36. The summed E-state index contributed by atoms with van der Waals surface area (Å²) < 4.78 is 16.2. The van der Waals surface area contributed by atoms with E-state index in [1.807, 2.05) is 13.1 Å². The molecule has 1 aromatic heterocycles. The van der Waals surface area contributed by atoms with Crippen molar-refractivity contribution in [1.82, 2.24) is 9.47 Å². The van der Waals surface area contributed by atoms with Gasteiger partial charge in [-0.1, -0.05) is 23.2 Å². The highest BCUT2D eigenvalue weighted by molar-refractivity contribution is 9.10. The molecule has 1 aliphatic rings. The van der Waals surface area contributed by atoms with Gasteiger partial charge in [0.2, 0.25) is 0 Å². The number of nitriles is 1. The van der Waals surface area contributed by atoms with Gasteiger partial charge in [-0.3, -0.25) is 4.79 Å². The molecule has 0 radical (unpaired) electrons. The molecule has 0 aliphatic carbocycles. The third kappa shape index (κ3) is 2.74. The highest BCUT2D eigenvalue weighted by Crippen LogP contribution is 2.36. The van der Waals surface area contributed by atoms with Crippen LogP contribution in [0.4, 0.5) is 4.39 Å². The minimum atomic E-state index is -0.651. The number of hydrogen-bond donors (Lipinski definition) is 0. The molecule has 2 heterocycles. The van der Waals surface area contributed by atoms with E-state index in [0.717, 1.165) is 19.4 Å². The Bertz CT molecular complexity index is 938. The zero-order chi connectivity index (χ0) is 17.6. The quantitative estimate of drug-likeness (QED) is 0.669. The molecule has 0 bridgehead atoms. The average molecular weight is 433 g/mol. The fourth-order valence-electron chi connectivity index (χ4n) is 3.17. The number of likely N-dealkylation sites (N-methyl/N-ethyl adjacent to an activating group) is 1. The number of benzene rings is 1. The van der Waals surface area contributed by atoms with E-state index in [1.54, 1.807) is 0 Å². The molecule has 1 saturated heterocycles. The van der Waals surface area contributed by atoms with Crippen LogP contribution in [0.15, 0.2) is 15.3 Å². The maximum atomic E-state index is 14.8. The monoisotopic (exact) mass is 431 g/mol. The maximum absolute atomic E-state index is 14.8. The SMILES string of the molecule is CN1CCCC1Cn1c(=O)c(C#N)c(Cl)c2cc(Cl)c(Br)c(F)c21. The molecular weight excluding hydrogens is 420 g/mol. The van der Waals surface area contributed by atoms with Crippen molar-refractivity contribution in [1.29, 1.82) is 5.26 Å². The molecule has 24 heavy (non-hydrogen) atoms. The predicted octanol–water partition coefficient (Wildman–Crippen LogP) is 4.18. The van der Waals surface area contributed by atoms with Gasteiger partial charge in [0.1, 0.15) is 11.6 Å². The first-order valence-corrected chi connectivity index (χ1v) is 8.91. The highest BCUT2D eigenvalue weighted by atomic mass is 79.9. The third-order valence-corrected chi connectivity index (χ3v) is 6.19. The van der Waals surface area contributed by atoms with Crippen molar-refractivity contribution in [3.8, 4) is 6.07 Å². The van der Waals surface area contributed by atoms with Crippen molar-refractivity contribution in [3.05, 3.63) is 42.3 Å². The molecule has 2 aromatic rings. The molecule has 3 rings (SSSR count). The van der Waals surface area contributed by atoms with Crippen molar-refractivity contribution in [2.24, 2.45) is 0 Å². The van der Waals surface area contributed by atoms with E-state index in [4.69, 9.17) is 23.2 Å². The lowest BCUT2D eigenvalue weighted by Crippen LogP contribution is -2.35. The fraction of sp³-hybridized carbons (Fsp3) is 0.375. The average Bonchev–Trinajstić information content (AvgIpc) is 2.95. The number of pyridine rings is 1. The minimum absolute atomic E-state index is 0.0678. The number of hydrogen-bond acceptors (Lipinski definition) is 3. The summed E-state index contributed by atoms with van der Waals surface area (Å²) in [4.78, 5) is 14.8. The van der Waals surface area contributed by atoms with Crippen molar-refractivity contribution in [2.75, 3.05) is 13.6 Å². The van der Waals surface area contributed by atoms with E-state index < -0.39 is 11.4 Å². The van der Waals surface area contributed by atoms with Gasteiger partial charge in [-0.05, 0) is 48.4 Å². The van der Waals surface area contributed by atoms with Gasteiger partial charge in [0, 0.05) is 18.0 Å². The van der Waals surface area contributed by atoms with Gasteiger partial charge >= 0.3 is 0 Å². The second kappa shape index (κ2) is 6.64. The number of fused-ring (bicyclic) bond motifs is 1. The Balaban J connectivity index is 2.36. The first kappa shape index (κ1) is 17.7. The van der Waals surface area contributed by atoms with Gasteiger partial charge in [0.05, 0.1) is 20.0 Å². The van der Waals surface area contributed by atoms with E-state index in [9.17, 15) is 14.4 Å². The van der Waals surface area contributed by atoms with E-state index >= 15 is 0 Å². The van der Waals surface area contributed by atoms with Gasteiger partial charge in [-0.2, -0.15) is 5.26 Å². The third-order valence-electron chi connectivity index (χ3n) is 4.50. The molecule has 0 N–H and O–H groups in total. The van der Waals surface area contributed by atoms with Crippen molar-refractivity contribution < 1.29 is 4.39 Å². The first-order chi connectivity index (χ1) is 11.4. The van der Waals surface area contributed by atoms with E-state index in [1.165, 1.54) is 10.6 Å². The summed E-state index contributed by atoms with van der Waals surface area (Å²) in [6.07, 6.45) is 1.93. The predicted molar refractivity (Wildman–Crippen MR) is 96.3 cm³/mol. The molecule has 1 unspecified atom stereocenters. The number of rotatable bonds is 2. The van der Waals surface area contributed by atoms with Gasteiger partial charge < -0.3 is 9.47 Å². The summed E-state index contributed by atoms with van der Waals surface area (Å²) in [5, 5.41) is 9.62. The lowest BCUT2D eigenvalue weighted by molar-refractivity contribution is 0.282. The zero-order valence-corrected chi connectivity index (χ0v) is 15.8. The van der Waals surface area contributed by atoms with Crippen LogP contribution in [0.1, 0.15) is 18.4 Å². The number of nitrogens with zero attached hydrogens (tertiary/aromatic N) is 3. The van der Waals surface area contributed by atoms with Gasteiger partial charge in [-0.15, -0.1) is 0 Å². The number of aromatic nitrogens is 1. The summed E-state index contributed by atoms with van der Waals surface area (Å²) in [7, 11) is 1.97. The number of likely N-dealkylation sites (tertiary alicyclic amines) is 1. The minimum Gasteiger partial charge on any atom is -0.303 e. The molecule has 126 valence electrons. The Hall–Kier alpha value is -1.13. The molecule has 1 atom stereocenters. The molecule has 8 heteroatoms. The summed E-state index contributed by atoms with van der Waals surface area (Å²) >= 11 is 15.3. The molecule has 1 aliphatic heterocycles. The fourth-order valence-corrected chi connectivity index (χ4v) is 3.93. The summed E-state index contributed by atoms with van der Waals surface area (Å²) in [5.41, 5.74) is -0.702. The van der Waals surface area contributed by atoms with Gasteiger partial charge in [-0.25, -0.2) is 4.39 Å². The van der Waals surface area contributed by atoms with Crippen molar-refractivity contribution in [2.45, 2.75) is 25.4 Å². The van der Waals surface area contributed by atoms with Crippen LogP contribution in [0.2, 0.25) is 10.0 Å². The topological polar surface area (TPSA) is 49.0 Å². The summed E-state index contributed by atoms with van der Waals surface area (Å²) in [6, 6.07) is 3.41. The van der Waals surface area contributed by atoms with Gasteiger partial charge in [0.15, 0.2) is 5.82 Å². The molecule has 1 fully saturated rings. The van der Waals surface area contributed by atoms with Crippen LogP contribution in [0.5, 0.6) is 0 Å². The standard InChI is InChI=1S/C16H13BrCl2FN3O/c1-22-4-2-3-8(22)7-23-15-9(5-11(18)12(17)14(15)20)13(19)10(6-21)16(23)24/h5,8H,2-4,7H2,1H3. The molecule has 4 nitrogen and oxygen atoms in total. The lowest BCUT2D eigenvalue weighted by atomic mass is 10.1. The molecule has 1 aromatic carbocycles. The Kier molecular flexibility index (Phi) is 4.89. The number of halogens is 4. The van der Waals surface area contributed by atoms with Crippen LogP contribution in [-0.4, -0.2) is 29.1 Å². The van der Waals surface area contributed by atoms with Crippen LogP contribution in [0, 0.1) is 17.1 Å². The molecule has 0 spiro atoms. The Labute approximate surface area is 156 Å².